The van der Waals surface area contributed by atoms with Crippen LogP contribution >= 0.6 is 0 Å². The Kier molecular flexibility index (Phi) is 8.37. The molecular weight excluding hydrogens is 367 g/mol. The molecule has 2 aromatic carbocycles. The van der Waals surface area contributed by atoms with Crippen LogP contribution in [0, 0.1) is 19.7 Å². The van der Waals surface area contributed by atoms with Gasteiger partial charge in [0.05, 0.1) is 6.42 Å². The zero-order valence-corrected chi connectivity index (χ0v) is 17.8. The van der Waals surface area contributed by atoms with E-state index in [4.69, 9.17) is 0 Å². The first-order chi connectivity index (χ1) is 13.8. The van der Waals surface area contributed by atoms with Crippen LogP contribution in [0.3, 0.4) is 0 Å². The maximum absolute atomic E-state index is 14.2. The number of amides is 2. The molecule has 29 heavy (non-hydrogen) atoms. The van der Waals surface area contributed by atoms with E-state index < -0.39 is 6.04 Å². The summed E-state index contributed by atoms with van der Waals surface area (Å²) in [5.74, 6) is -0.798. The van der Waals surface area contributed by atoms with Crippen LogP contribution < -0.4 is 5.32 Å². The number of benzene rings is 2. The Morgan fingerprint density at radius 2 is 1.83 bits per heavy atom. The Morgan fingerprint density at radius 1 is 1.10 bits per heavy atom. The van der Waals surface area contributed by atoms with E-state index in [1.165, 1.54) is 11.0 Å². The summed E-state index contributed by atoms with van der Waals surface area (Å²) in [7, 11) is 0. The van der Waals surface area contributed by atoms with Gasteiger partial charge >= 0.3 is 0 Å². The van der Waals surface area contributed by atoms with E-state index >= 15 is 0 Å². The minimum Gasteiger partial charge on any atom is -0.354 e. The molecule has 0 saturated heterocycles. The van der Waals surface area contributed by atoms with Crippen molar-refractivity contribution in [2.24, 2.45) is 0 Å². The lowest BCUT2D eigenvalue weighted by Crippen LogP contribution is -2.48. The number of hydrogen-bond donors (Lipinski definition) is 1. The smallest absolute Gasteiger partial charge is 0.242 e. The lowest BCUT2D eigenvalue weighted by Gasteiger charge is -2.29. The third kappa shape index (κ3) is 6.41. The molecule has 0 fully saturated rings. The molecule has 5 heteroatoms. The van der Waals surface area contributed by atoms with Crippen molar-refractivity contribution in [3.8, 4) is 0 Å². The third-order valence-electron chi connectivity index (χ3n) is 5.22. The first kappa shape index (κ1) is 22.6. The van der Waals surface area contributed by atoms with Crippen molar-refractivity contribution >= 4 is 11.8 Å². The number of aryl methyl sites for hydroxylation is 2. The SMILES string of the molecule is CCCCNC(=O)C(C)N(Cc1ccccc1F)C(=O)Cc1ccc(C)c(C)c1. The average Bonchev–Trinajstić information content (AvgIpc) is 2.69. The molecule has 0 bridgehead atoms. The van der Waals surface area contributed by atoms with Gasteiger partial charge in [-0.25, -0.2) is 4.39 Å². The highest BCUT2D eigenvalue weighted by Crippen LogP contribution is 2.16. The Bertz CT molecular complexity index is 851. The molecule has 4 nitrogen and oxygen atoms in total. The molecule has 0 radical (unpaired) electrons. The second-order valence-electron chi connectivity index (χ2n) is 7.53. The van der Waals surface area contributed by atoms with E-state index in [1.807, 2.05) is 39.0 Å². The number of nitrogens with one attached hydrogen (secondary N) is 1. The number of carbonyl (C=O) groups excluding carboxylic acids is 2. The van der Waals surface area contributed by atoms with Gasteiger partial charge < -0.3 is 10.2 Å². The number of hydrogen-bond acceptors (Lipinski definition) is 2. The maximum Gasteiger partial charge on any atom is 0.242 e. The molecular formula is C24H31FN2O2. The lowest BCUT2D eigenvalue weighted by molar-refractivity contribution is -0.140. The highest BCUT2D eigenvalue weighted by Gasteiger charge is 2.26. The van der Waals surface area contributed by atoms with Crippen LogP contribution in [0.4, 0.5) is 4.39 Å². The van der Waals surface area contributed by atoms with Crippen LogP contribution in [-0.2, 0) is 22.6 Å². The van der Waals surface area contributed by atoms with Crippen molar-refractivity contribution in [1.82, 2.24) is 10.2 Å². The Labute approximate surface area is 173 Å². The van der Waals surface area contributed by atoms with Gasteiger partial charge in [0, 0.05) is 18.7 Å². The molecule has 2 aromatic rings. The van der Waals surface area contributed by atoms with E-state index in [9.17, 15) is 14.0 Å². The fourth-order valence-corrected chi connectivity index (χ4v) is 3.12. The molecule has 1 unspecified atom stereocenters. The topological polar surface area (TPSA) is 49.4 Å². The summed E-state index contributed by atoms with van der Waals surface area (Å²) >= 11 is 0. The molecule has 0 spiro atoms. The number of unbranched alkanes of at least 4 members (excludes halogenated alkanes) is 1. The normalized spacial score (nSPS) is 11.8. The van der Waals surface area contributed by atoms with Crippen molar-refractivity contribution in [2.75, 3.05) is 6.54 Å². The van der Waals surface area contributed by atoms with Crippen molar-refractivity contribution in [1.29, 1.82) is 0 Å². The van der Waals surface area contributed by atoms with Gasteiger partial charge in [-0.15, -0.1) is 0 Å². The summed E-state index contributed by atoms with van der Waals surface area (Å²) in [6.45, 7) is 8.39. The average molecular weight is 399 g/mol. The van der Waals surface area contributed by atoms with Crippen molar-refractivity contribution in [2.45, 2.75) is 59.5 Å². The van der Waals surface area contributed by atoms with Crippen LogP contribution in [0.25, 0.3) is 0 Å². The number of halogens is 1. The van der Waals surface area contributed by atoms with Crippen LogP contribution in [-0.4, -0.2) is 29.3 Å². The summed E-state index contributed by atoms with van der Waals surface area (Å²) in [6, 6.07) is 11.6. The van der Waals surface area contributed by atoms with Gasteiger partial charge in [-0.3, -0.25) is 9.59 Å². The predicted octanol–water partition coefficient (Wildman–Crippen LogP) is 4.32. The van der Waals surface area contributed by atoms with Crippen LogP contribution in [0.15, 0.2) is 42.5 Å². The summed E-state index contributed by atoms with van der Waals surface area (Å²) in [5, 5.41) is 2.87. The van der Waals surface area contributed by atoms with E-state index in [0.29, 0.717) is 12.1 Å². The summed E-state index contributed by atoms with van der Waals surface area (Å²) < 4.78 is 14.2. The van der Waals surface area contributed by atoms with Crippen LogP contribution in [0.5, 0.6) is 0 Å². The second-order valence-corrected chi connectivity index (χ2v) is 7.53. The molecule has 0 heterocycles. The Morgan fingerprint density at radius 3 is 2.48 bits per heavy atom. The quantitative estimate of drug-likeness (QED) is 0.640. The summed E-state index contributed by atoms with van der Waals surface area (Å²) in [4.78, 5) is 27.2. The molecule has 0 aliphatic carbocycles. The monoisotopic (exact) mass is 398 g/mol. The minimum absolute atomic E-state index is 0.0543. The lowest BCUT2D eigenvalue weighted by atomic mass is 10.0. The molecule has 0 aliphatic heterocycles. The highest BCUT2D eigenvalue weighted by atomic mass is 19.1. The Balaban J connectivity index is 2.22. The molecule has 0 saturated carbocycles. The van der Waals surface area contributed by atoms with Crippen molar-refractivity contribution in [3.05, 3.63) is 70.5 Å². The van der Waals surface area contributed by atoms with Crippen molar-refractivity contribution in [3.63, 3.8) is 0 Å². The van der Waals surface area contributed by atoms with Gasteiger partial charge in [-0.1, -0.05) is 49.7 Å². The summed E-state index contributed by atoms with van der Waals surface area (Å²) in [5.41, 5.74) is 3.55. The molecule has 156 valence electrons. The van der Waals surface area contributed by atoms with Gasteiger partial charge in [0.25, 0.3) is 0 Å². The highest BCUT2D eigenvalue weighted by molar-refractivity contribution is 5.88. The molecule has 1 N–H and O–H groups in total. The van der Waals surface area contributed by atoms with Gasteiger partial charge in [0.2, 0.25) is 11.8 Å². The van der Waals surface area contributed by atoms with E-state index in [0.717, 1.165) is 29.5 Å². The van der Waals surface area contributed by atoms with Crippen LogP contribution in [0.1, 0.15) is 48.9 Å². The second kappa shape index (κ2) is 10.7. The van der Waals surface area contributed by atoms with Crippen LogP contribution in [0.2, 0.25) is 0 Å². The van der Waals surface area contributed by atoms with Gasteiger partial charge in [-0.05, 0) is 49.9 Å². The largest absolute Gasteiger partial charge is 0.354 e. The molecule has 1 atom stereocenters. The van der Waals surface area contributed by atoms with E-state index in [-0.39, 0.29) is 30.6 Å². The first-order valence-corrected chi connectivity index (χ1v) is 10.2. The van der Waals surface area contributed by atoms with E-state index in [2.05, 4.69) is 5.32 Å². The minimum atomic E-state index is -0.689. The number of rotatable bonds is 9. The zero-order valence-electron chi connectivity index (χ0n) is 17.8. The zero-order chi connectivity index (χ0) is 21.4. The third-order valence-corrected chi connectivity index (χ3v) is 5.22. The molecule has 2 amide bonds. The maximum atomic E-state index is 14.2. The van der Waals surface area contributed by atoms with Gasteiger partial charge in [0.15, 0.2) is 0 Å². The van der Waals surface area contributed by atoms with Gasteiger partial charge in [-0.2, -0.15) is 0 Å². The fourth-order valence-electron chi connectivity index (χ4n) is 3.12. The summed E-state index contributed by atoms with van der Waals surface area (Å²) in [6.07, 6.45) is 2.02. The van der Waals surface area contributed by atoms with Crippen molar-refractivity contribution < 1.29 is 14.0 Å². The fraction of sp³-hybridized carbons (Fsp3) is 0.417. The Hall–Kier alpha value is -2.69. The molecule has 2 rings (SSSR count). The van der Waals surface area contributed by atoms with Gasteiger partial charge in [0.1, 0.15) is 11.9 Å². The first-order valence-electron chi connectivity index (χ1n) is 10.2. The number of nitrogens with zero attached hydrogens (tertiary/aromatic N) is 1. The standard InChI is InChI=1S/C24H31FN2O2/c1-5-6-13-26-24(29)19(4)27(16-21-9-7-8-10-22(21)25)23(28)15-20-12-11-17(2)18(3)14-20/h7-12,14,19H,5-6,13,15-16H2,1-4H3,(H,26,29). The molecule has 0 aromatic heterocycles. The predicted molar refractivity (Wildman–Crippen MR) is 114 cm³/mol. The van der Waals surface area contributed by atoms with E-state index in [1.54, 1.807) is 25.1 Å². The molecule has 0 aliphatic rings. The number of carbonyl (C=O) groups is 2.